The van der Waals surface area contributed by atoms with E-state index >= 15 is 0 Å². The Morgan fingerprint density at radius 3 is 1.57 bits per heavy atom. The lowest BCUT2D eigenvalue weighted by Crippen LogP contribution is -2.23. The molecule has 0 aliphatic rings. The van der Waals surface area contributed by atoms with Gasteiger partial charge < -0.3 is 14.9 Å². The van der Waals surface area contributed by atoms with Crippen molar-refractivity contribution in [1.82, 2.24) is 0 Å². The fraction of sp³-hybridized carbons (Fsp3) is 0.600. The van der Waals surface area contributed by atoms with Crippen molar-refractivity contribution in [1.29, 1.82) is 0 Å². The number of esters is 1. The van der Waals surface area contributed by atoms with Crippen molar-refractivity contribution in [3.8, 4) is 11.5 Å². The highest BCUT2D eigenvalue weighted by molar-refractivity contribution is 8.18. The van der Waals surface area contributed by atoms with Crippen LogP contribution >= 0.6 is 23.5 Å². The zero-order valence-corrected chi connectivity index (χ0v) is 29.8. The quantitative estimate of drug-likeness (QED) is 0.132. The molecule has 2 N–H and O–H groups in total. The Kier molecular flexibility index (Phi) is 10.7. The number of carbonyl (C=O) groups excluding carboxylic acids is 1. The third kappa shape index (κ3) is 9.44. The highest BCUT2D eigenvalue weighted by Gasteiger charge is 2.34. The van der Waals surface area contributed by atoms with Gasteiger partial charge in [0.15, 0.2) is 0 Å². The van der Waals surface area contributed by atoms with Crippen LogP contribution in [-0.4, -0.2) is 26.2 Å². The first-order valence-corrected chi connectivity index (χ1v) is 16.2. The highest BCUT2D eigenvalue weighted by Crippen LogP contribution is 2.53. The number of carbonyl (C=O) groups is 2. The van der Waals surface area contributed by atoms with Crippen molar-refractivity contribution in [2.75, 3.05) is 0 Å². The third-order valence-electron chi connectivity index (χ3n) is 6.86. The summed E-state index contributed by atoms with van der Waals surface area (Å²) in [5.41, 5.74) is 2.61. The van der Waals surface area contributed by atoms with Crippen molar-refractivity contribution in [2.24, 2.45) is 0 Å². The maximum atomic E-state index is 12.8. The van der Waals surface area contributed by atoms with E-state index in [9.17, 15) is 14.7 Å². The molecule has 0 heterocycles. The van der Waals surface area contributed by atoms with Crippen LogP contribution in [0.4, 0.5) is 0 Å². The Balaban J connectivity index is 2.66. The number of aliphatic carboxylic acids is 1. The van der Waals surface area contributed by atoms with Gasteiger partial charge in [-0.05, 0) is 53.7 Å². The summed E-state index contributed by atoms with van der Waals surface area (Å²) in [5.74, 6) is -0.670. The Labute approximate surface area is 262 Å². The number of hydrogen-bond acceptors (Lipinski definition) is 6. The summed E-state index contributed by atoms with van der Waals surface area (Å²) >= 11 is 3.47. The molecule has 7 heteroatoms. The summed E-state index contributed by atoms with van der Waals surface area (Å²) in [6.45, 7) is 29.7. The predicted molar refractivity (Wildman–Crippen MR) is 178 cm³/mol. The number of rotatable bonds is 8. The Hall–Kier alpha value is -2.12. The number of aromatic hydroxyl groups is 1. The average molecular weight is 617 g/mol. The standard InChI is InChI=1S/C35H52O5S2/c1-31(2,3)22-15-16-25(28(34(10,11)12)30(22)40-27(38)18-17-26(36)37)42-35(13,14)41-21-19-23(32(4,5)6)29(39)24(20-21)33(7,8)9/h15-16,19-20,39H,17-18H2,1-14H3,(H,36,37). The highest BCUT2D eigenvalue weighted by atomic mass is 32.2. The molecule has 0 atom stereocenters. The predicted octanol–water partition coefficient (Wildman–Crippen LogP) is 9.97. The maximum absolute atomic E-state index is 12.8. The lowest BCUT2D eigenvalue weighted by Gasteiger charge is -2.34. The number of carboxylic acid groups (broad SMARTS) is 1. The Bertz CT molecular complexity index is 1280. The van der Waals surface area contributed by atoms with Crippen molar-refractivity contribution in [2.45, 2.75) is 145 Å². The molecule has 42 heavy (non-hydrogen) atoms. The molecular formula is C35H52O5S2. The van der Waals surface area contributed by atoms with Gasteiger partial charge in [0.25, 0.3) is 0 Å². The van der Waals surface area contributed by atoms with Gasteiger partial charge in [0.1, 0.15) is 11.5 Å². The van der Waals surface area contributed by atoms with Crippen LogP contribution in [0.3, 0.4) is 0 Å². The number of phenolic OH excluding ortho intramolecular Hbond substituents is 1. The molecule has 5 nitrogen and oxygen atoms in total. The molecule has 0 aromatic heterocycles. The molecular weight excluding hydrogens is 565 g/mol. The summed E-state index contributed by atoms with van der Waals surface area (Å²) in [6.07, 6.45) is -0.458. The van der Waals surface area contributed by atoms with E-state index in [4.69, 9.17) is 9.84 Å². The minimum absolute atomic E-state index is 0.186. The van der Waals surface area contributed by atoms with Crippen LogP contribution in [0.15, 0.2) is 34.1 Å². The normalized spacial score (nSPS) is 13.3. The second kappa shape index (κ2) is 12.5. The zero-order valence-electron chi connectivity index (χ0n) is 28.2. The number of benzene rings is 2. The molecule has 0 saturated carbocycles. The topological polar surface area (TPSA) is 83.8 Å². The van der Waals surface area contributed by atoms with Gasteiger partial charge in [0, 0.05) is 32.0 Å². The molecule has 0 saturated heterocycles. The maximum Gasteiger partial charge on any atom is 0.311 e. The van der Waals surface area contributed by atoms with Crippen LogP contribution in [-0.2, 0) is 31.2 Å². The van der Waals surface area contributed by atoms with Gasteiger partial charge in [0.05, 0.1) is 16.9 Å². The van der Waals surface area contributed by atoms with Crippen molar-refractivity contribution >= 4 is 35.5 Å². The fourth-order valence-electron chi connectivity index (χ4n) is 4.81. The molecule has 2 aromatic carbocycles. The first-order chi connectivity index (χ1) is 18.7. The second-order valence-electron chi connectivity index (χ2n) is 15.7. The van der Waals surface area contributed by atoms with E-state index < -0.39 is 11.9 Å². The van der Waals surface area contributed by atoms with Crippen molar-refractivity contribution < 1.29 is 24.5 Å². The van der Waals surface area contributed by atoms with E-state index in [1.165, 1.54) is 0 Å². The minimum Gasteiger partial charge on any atom is -0.507 e. The van der Waals surface area contributed by atoms with Gasteiger partial charge in [-0.2, -0.15) is 0 Å². The number of thioether (sulfide) groups is 2. The number of hydrogen-bond donors (Lipinski definition) is 2. The third-order valence-corrected chi connectivity index (χ3v) is 9.37. The summed E-state index contributed by atoms with van der Waals surface area (Å²) in [4.78, 5) is 26.1. The molecule has 0 unspecified atom stereocenters. The van der Waals surface area contributed by atoms with Crippen molar-refractivity contribution in [3.63, 3.8) is 0 Å². The monoisotopic (exact) mass is 616 g/mol. The summed E-state index contributed by atoms with van der Waals surface area (Å²) in [6, 6.07) is 8.38. The number of phenols is 1. The molecule has 0 amide bonds. The second-order valence-corrected chi connectivity index (χ2v) is 19.3. The Morgan fingerprint density at radius 2 is 1.17 bits per heavy atom. The van der Waals surface area contributed by atoms with Crippen LogP contribution in [0.5, 0.6) is 11.5 Å². The van der Waals surface area contributed by atoms with E-state index in [2.05, 4.69) is 115 Å². The summed E-state index contributed by atoms with van der Waals surface area (Å²) in [7, 11) is 0. The van der Waals surface area contributed by atoms with Crippen LogP contribution in [0.25, 0.3) is 0 Å². The SMILES string of the molecule is CC(C)(Sc1cc(C(C)(C)C)c(O)c(C(C)(C)C)c1)Sc1ccc(C(C)(C)C)c(OC(=O)CCC(=O)O)c1C(C)(C)C. The van der Waals surface area contributed by atoms with Gasteiger partial charge in [-0.15, -0.1) is 23.5 Å². The molecule has 234 valence electrons. The molecule has 0 aliphatic heterocycles. The lowest BCUT2D eigenvalue weighted by molar-refractivity contribution is -0.142. The first kappa shape index (κ1) is 36.1. The Morgan fingerprint density at radius 1 is 0.690 bits per heavy atom. The van der Waals surface area contributed by atoms with Crippen molar-refractivity contribution in [3.05, 3.63) is 46.5 Å². The smallest absolute Gasteiger partial charge is 0.311 e. The zero-order chi connectivity index (χ0) is 32.6. The minimum atomic E-state index is -1.03. The van der Waals surface area contributed by atoms with Gasteiger partial charge in [-0.3, -0.25) is 9.59 Å². The van der Waals surface area contributed by atoms with Gasteiger partial charge >= 0.3 is 11.9 Å². The van der Waals surface area contributed by atoms with Crippen LogP contribution < -0.4 is 4.74 Å². The first-order valence-electron chi connectivity index (χ1n) is 14.6. The molecule has 0 fully saturated rings. The van der Waals surface area contributed by atoms with Crippen LogP contribution in [0, 0.1) is 0 Å². The van der Waals surface area contributed by atoms with E-state index in [0.29, 0.717) is 11.5 Å². The van der Waals surface area contributed by atoms with Crippen LogP contribution in [0.2, 0.25) is 0 Å². The molecule has 2 rings (SSSR count). The number of carboxylic acids is 1. The fourth-order valence-corrected chi connectivity index (χ4v) is 7.62. The lowest BCUT2D eigenvalue weighted by atomic mass is 9.79. The van der Waals surface area contributed by atoms with Gasteiger partial charge in [-0.1, -0.05) is 89.2 Å². The molecule has 2 aromatic rings. The summed E-state index contributed by atoms with van der Waals surface area (Å²) < 4.78 is 5.70. The van der Waals surface area contributed by atoms with Gasteiger partial charge in [-0.25, -0.2) is 0 Å². The van der Waals surface area contributed by atoms with E-state index in [0.717, 1.165) is 32.0 Å². The molecule has 0 radical (unpaired) electrons. The van der Waals surface area contributed by atoms with Crippen LogP contribution in [0.1, 0.15) is 132 Å². The molecule has 0 aliphatic carbocycles. The number of ether oxygens (including phenoxy) is 1. The van der Waals surface area contributed by atoms with Gasteiger partial charge in [0.2, 0.25) is 0 Å². The van der Waals surface area contributed by atoms with E-state index in [1.54, 1.807) is 23.5 Å². The summed E-state index contributed by atoms with van der Waals surface area (Å²) in [5, 5.41) is 20.3. The van der Waals surface area contributed by atoms with E-state index in [1.807, 2.05) is 6.07 Å². The molecule has 0 spiro atoms. The molecule has 0 bridgehead atoms. The van der Waals surface area contributed by atoms with E-state index in [-0.39, 0.29) is 38.6 Å². The average Bonchev–Trinajstić information content (AvgIpc) is 2.75. The largest absolute Gasteiger partial charge is 0.507 e.